The summed E-state index contributed by atoms with van der Waals surface area (Å²) in [5.74, 6) is -0.739. The molecule has 0 saturated carbocycles. The summed E-state index contributed by atoms with van der Waals surface area (Å²) < 4.78 is 3.52. The molecule has 1 unspecified atom stereocenters. The zero-order valence-electron chi connectivity index (χ0n) is 14.4. The Balaban J connectivity index is 2.05. The zero-order valence-corrected chi connectivity index (χ0v) is 14.4. The van der Waals surface area contributed by atoms with Gasteiger partial charge in [-0.05, 0) is 13.0 Å². The molecule has 0 radical (unpaired) electrons. The number of aromatic nitrogens is 6. The van der Waals surface area contributed by atoms with Crippen LogP contribution in [0.3, 0.4) is 0 Å². The molecule has 0 aliphatic heterocycles. The van der Waals surface area contributed by atoms with E-state index >= 15 is 0 Å². The van der Waals surface area contributed by atoms with Crippen molar-refractivity contribution in [1.82, 2.24) is 29.5 Å². The molecular formula is C18H17N7O. The average molecular weight is 347 g/mol. The summed E-state index contributed by atoms with van der Waals surface area (Å²) in [5, 5.41) is 9.56. The minimum Gasteiger partial charge on any atom is -0.363 e. The predicted molar refractivity (Wildman–Crippen MR) is 96.3 cm³/mol. The van der Waals surface area contributed by atoms with Crippen molar-refractivity contribution in [3.05, 3.63) is 60.3 Å². The summed E-state index contributed by atoms with van der Waals surface area (Å²) >= 11 is 0. The first-order valence-corrected chi connectivity index (χ1v) is 8.15. The lowest BCUT2D eigenvalue weighted by Crippen LogP contribution is -2.19. The third-order valence-corrected chi connectivity index (χ3v) is 4.31. The zero-order chi connectivity index (χ0) is 18.3. The molecule has 26 heavy (non-hydrogen) atoms. The summed E-state index contributed by atoms with van der Waals surface area (Å²) in [6.07, 6.45) is 3.55. The lowest BCUT2D eigenvalue weighted by Gasteiger charge is -2.14. The standard InChI is InChI=1S/C18H17N7O/c1-11(25-10-6-9-20-25)14-13-15(12-7-4-3-5-8-12)24(2)23-17(13)22-18(21-14)16(19)26/h3-11H,1-2H3,(H2,19,26). The first kappa shape index (κ1) is 15.9. The van der Waals surface area contributed by atoms with E-state index in [0.29, 0.717) is 11.3 Å². The number of hydrogen-bond acceptors (Lipinski definition) is 5. The van der Waals surface area contributed by atoms with Crippen LogP contribution in [0.15, 0.2) is 48.8 Å². The van der Waals surface area contributed by atoms with Gasteiger partial charge in [0.25, 0.3) is 5.91 Å². The Morgan fingerprint density at radius 2 is 1.92 bits per heavy atom. The van der Waals surface area contributed by atoms with Gasteiger partial charge in [-0.1, -0.05) is 30.3 Å². The van der Waals surface area contributed by atoms with Gasteiger partial charge in [0, 0.05) is 25.0 Å². The minimum atomic E-state index is -0.687. The van der Waals surface area contributed by atoms with Gasteiger partial charge < -0.3 is 5.73 Å². The van der Waals surface area contributed by atoms with Gasteiger partial charge in [-0.2, -0.15) is 10.2 Å². The van der Waals surface area contributed by atoms with Crippen LogP contribution in [-0.2, 0) is 7.05 Å². The number of hydrogen-bond donors (Lipinski definition) is 1. The maximum atomic E-state index is 11.7. The van der Waals surface area contributed by atoms with E-state index in [1.807, 2.05) is 56.6 Å². The molecule has 8 nitrogen and oxygen atoms in total. The smallest absolute Gasteiger partial charge is 0.286 e. The monoisotopic (exact) mass is 347 g/mol. The van der Waals surface area contributed by atoms with E-state index in [1.165, 1.54) is 0 Å². The Kier molecular flexibility index (Phi) is 3.72. The molecule has 3 heterocycles. The quantitative estimate of drug-likeness (QED) is 0.607. The molecular weight excluding hydrogens is 330 g/mol. The summed E-state index contributed by atoms with van der Waals surface area (Å²) in [4.78, 5) is 20.4. The highest BCUT2D eigenvalue weighted by atomic mass is 16.1. The molecule has 1 aromatic carbocycles. The summed E-state index contributed by atoms with van der Waals surface area (Å²) in [7, 11) is 1.84. The second-order valence-electron chi connectivity index (χ2n) is 6.00. The van der Waals surface area contributed by atoms with Crippen molar-refractivity contribution in [2.75, 3.05) is 0 Å². The number of amides is 1. The fourth-order valence-electron chi connectivity index (χ4n) is 3.09. The Morgan fingerprint density at radius 1 is 1.15 bits per heavy atom. The lowest BCUT2D eigenvalue weighted by atomic mass is 10.0. The van der Waals surface area contributed by atoms with Gasteiger partial charge in [0.2, 0.25) is 5.82 Å². The molecule has 0 aliphatic rings. The number of nitrogens with two attached hydrogens (primary N) is 1. The van der Waals surface area contributed by atoms with Crippen LogP contribution >= 0.6 is 0 Å². The molecule has 4 rings (SSSR count). The number of carbonyl (C=O) groups excluding carboxylic acids is 1. The van der Waals surface area contributed by atoms with Crippen LogP contribution in [0.25, 0.3) is 22.3 Å². The summed E-state index contributed by atoms with van der Waals surface area (Å²) in [5.41, 5.74) is 8.38. The van der Waals surface area contributed by atoms with E-state index in [2.05, 4.69) is 20.2 Å². The van der Waals surface area contributed by atoms with E-state index < -0.39 is 5.91 Å². The van der Waals surface area contributed by atoms with Gasteiger partial charge >= 0.3 is 0 Å². The highest BCUT2D eigenvalue weighted by molar-refractivity contribution is 5.96. The predicted octanol–water partition coefficient (Wildman–Crippen LogP) is 1.93. The van der Waals surface area contributed by atoms with Crippen LogP contribution in [0, 0.1) is 0 Å². The normalized spacial score (nSPS) is 12.4. The van der Waals surface area contributed by atoms with Crippen LogP contribution < -0.4 is 5.73 Å². The van der Waals surface area contributed by atoms with Crippen molar-refractivity contribution in [2.24, 2.45) is 12.8 Å². The molecule has 130 valence electrons. The molecule has 0 saturated heterocycles. The van der Waals surface area contributed by atoms with Crippen molar-refractivity contribution >= 4 is 16.9 Å². The van der Waals surface area contributed by atoms with Crippen LogP contribution in [0.2, 0.25) is 0 Å². The second-order valence-corrected chi connectivity index (χ2v) is 6.00. The first-order valence-electron chi connectivity index (χ1n) is 8.15. The van der Waals surface area contributed by atoms with E-state index in [4.69, 9.17) is 5.73 Å². The van der Waals surface area contributed by atoms with Gasteiger partial charge in [0.05, 0.1) is 22.8 Å². The Bertz CT molecular complexity index is 1080. The van der Waals surface area contributed by atoms with Gasteiger partial charge in [0.1, 0.15) is 0 Å². The molecule has 4 aromatic rings. The third kappa shape index (κ3) is 2.52. The number of primary amides is 1. The molecule has 1 atom stereocenters. The highest BCUT2D eigenvalue weighted by Gasteiger charge is 2.24. The van der Waals surface area contributed by atoms with Crippen molar-refractivity contribution in [3.8, 4) is 11.3 Å². The third-order valence-electron chi connectivity index (χ3n) is 4.31. The largest absolute Gasteiger partial charge is 0.363 e. The van der Waals surface area contributed by atoms with E-state index in [1.54, 1.807) is 15.6 Å². The number of carbonyl (C=O) groups is 1. The molecule has 3 aromatic heterocycles. The van der Waals surface area contributed by atoms with Crippen LogP contribution in [0.1, 0.15) is 29.3 Å². The molecule has 0 fully saturated rings. The average Bonchev–Trinajstić information content (AvgIpc) is 3.28. The van der Waals surface area contributed by atoms with Gasteiger partial charge in [0.15, 0.2) is 5.65 Å². The molecule has 0 bridgehead atoms. The highest BCUT2D eigenvalue weighted by Crippen LogP contribution is 2.32. The number of benzene rings is 1. The Hall–Kier alpha value is -3.55. The number of aryl methyl sites for hydroxylation is 1. The summed E-state index contributed by atoms with van der Waals surface area (Å²) in [6.45, 7) is 1.96. The number of nitrogens with zero attached hydrogens (tertiary/aromatic N) is 6. The topological polar surface area (TPSA) is 105 Å². The van der Waals surface area contributed by atoms with Crippen molar-refractivity contribution in [2.45, 2.75) is 13.0 Å². The Morgan fingerprint density at radius 3 is 2.58 bits per heavy atom. The maximum Gasteiger partial charge on any atom is 0.286 e. The molecule has 0 aliphatic carbocycles. The molecule has 2 N–H and O–H groups in total. The van der Waals surface area contributed by atoms with E-state index in [-0.39, 0.29) is 11.9 Å². The first-order chi connectivity index (χ1) is 12.6. The van der Waals surface area contributed by atoms with Crippen LogP contribution in [0.4, 0.5) is 0 Å². The van der Waals surface area contributed by atoms with Crippen molar-refractivity contribution in [1.29, 1.82) is 0 Å². The SMILES string of the molecule is CC(c1nc(C(N)=O)nc2nn(C)c(-c3ccccc3)c12)n1cccn1. The van der Waals surface area contributed by atoms with Gasteiger partial charge in [-0.15, -0.1) is 0 Å². The fraction of sp³-hybridized carbons (Fsp3) is 0.167. The Labute approximate surface area is 149 Å². The number of fused-ring (bicyclic) bond motifs is 1. The lowest BCUT2D eigenvalue weighted by molar-refractivity contribution is 0.0990. The van der Waals surface area contributed by atoms with Crippen molar-refractivity contribution < 1.29 is 4.79 Å². The van der Waals surface area contributed by atoms with E-state index in [9.17, 15) is 4.79 Å². The van der Waals surface area contributed by atoms with Crippen LogP contribution in [0.5, 0.6) is 0 Å². The minimum absolute atomic E-state index is 0.0517. The number of rotatable bonds is 4. The van der Waals surface area contributed by atoms with Crippen molar-refractivity contribution in [3.63, 3.8) is 0 Å². The second kappa shape index (κ2) is 6.07. The maximum absolute atomic E-state index is 11.7. The van der Waals surface area contributed by atoms with E-state index in [0.717, 1.165) is 16.6 Å². The molecule has 0 spiro atoms. The van der Waals surface area contributed by atoms with Gasteiger partial charge in [-0.3, -0.25) is 14.2 Å². The van der Waals surface area contributed by atoms with Crippen LogP contribution in [-0.4, -0.2) is 35.4 Å². The summed E-state index contributed by atoms with van der Waals surface area (Å²) in [6, 6.07) is 11.5. The molecule has 8 heteroatoms. The fourth-order valence-corrected chi connectivity index (χ4v) is 3.09. The van der Waals surface area contributed by atoms with Gasteiger partial charge in [-0.25, -0.2) is 9.97 Å². The molecule has 1 amide bonds.